The molecule has 14 heavy (non-hydrogen) atoms. The SMILES string of the molecule is C=C(Cl)C(C=CCC=O)=CC=CCC. The third-order valence-corrected chi connectivity index (χ3v) is 1.71. The Morgan fingerprint density at radius 3 is 2.64 bits per heavy atom. The van der Waals surface area contributed by atoms with Crippen LogP contribution in [0.2, 0.25) is 0 Å². The van der Waals surface area contributed by atoms with Gasteiger partial charge in [-0.1, -0.05) is 55.5 Å². The summed E-state index contributed by atoms with van der Waals surface area (Å²) in [5, 5.41) is 0.480. The second-order valence-electron chi connectivity index (χ2n) is 2.67. The molecule has 0 amide bonds. The van der Waals surface area contributed by atoms with Crippen LogP contribution in [-0.4, -0.2) is 6.29 Å². The number of rotatable bonds is 6. The molecule has 0 radical (unpaired) electrons. The number of halogens is 1. The van der Waals surface area contributed by atoms with Gasteiger partial charge in [-0.3, -0.25) is 0 Å². The van der Waals surface area contributed by atoms with Gasteiger partial charge in [-0.2, -0.15) is 0 Å². The van der Waals surface area contributed by atoms with Crippen LogP contribution in [0.3, 0.4) is 0 Å². The van der Waals surface area contributed by atoms with E-state index < -0.39 is 0 Å². The van der Waals surface area contributed by atoms with Crippen molar-refractivity contribution in [3.63, 3.8) is 0 Å². The Morgan fingerprint density at radius 2 is 2.14 bits per heavy atom. The molecule has 0 bridgehead atoms. The summed E-state index contributed by atoms with van der Waals surface area (Å²) in [5.74, 6) is 0. The summed E-state index contributed by atoms with van der Waals surface area (Å²) >= 11 is 5.77. The summed E-state index contributed by atoms with van der Waals surface area (Å²) in [7, 11) is 0. The van der Waals surface area contributed by atoms with Crippen molar-refractivity contribution in [2.45, 2.75) is 19.8 Å². The molecule has 0 N–H and O–H groups in total. The Labute approximate surface area is 90.5 Å². The van der Waals surface area contributed by atoms with Gasteiger partial charge in [0.2, 0.25) is 0 Å². The summed E-state index contributed by atoms with van der Waals surface area (Å²) in [6.07, 6.45) is 11.6. The lowest BCUT2D eigenvalue weighted by Gasteiger charge is -1.95. The molecule has 0 aliphatic heterocycles. The minimum absolute atomic E-state index is 0.402. The summed E-state index contributed by atoms with van der Waals surface area (Å²) in [6.45, 7) is 5.69. The van der Waals surface area contributed by atoms with Crippen molar-refractivity contribution in [2.24, 2.45) is 0 Å². The monoisotopic (exact) mass is 210 g/mol. The highest BCUT2D eigenvalue weighted by Crippen LogP contribution is 2.13. The van der Waals surface area contributed by atoms with Crippen molar-refractivity contribution in [3.8, 4) is 0 Å². The van der Waals surface area contributed by atoms with Gasteiger partial charge in [-0.15, -0.1) is 0 Å². The molecule has 0 saturated heterocycles. The van der Waals surface area contributed by atoms with Gasteiger partial charge in [0, 0.05) is 11.5 Å². The highest BCUT2D eigenvalue weighted by molar-refractivity contribution is 6.32. The van der Waals surface area contributed by atoms with E-state index in [-0.39, 0.29) is 0 Å². The maximum absolute atomic E-state index is 10.1. The minimum Gasteiger partial charge on any atom is -0.303 e. The molecule has 0 unspecified atom stereocenters. The normalized spacial score (nSPS) is 12.6. The molecule has 0 heterocycles. The Hall–Kier alpha value is -1.08. The summed E-state index contributed by atoms with van der Waals surface area (Å²) in [4.78, 5) is 10.1. The van der Waals surface area contributed by atoms with Crippen LogP contribution in [0.25, 0.3) is 0 Å². The highest BCUT2D eigenvalue weighted by Gasteiger charge is 1.92. The van der Waals surface area contributed by atoms with Gasteiger partial charge in [-0.25, -0.2) is 0 Å². The number of hydrogen-bond acceptors (Lipinski definition) is 1. The topological polar surface area (TPSA) is 17.1 Å². The molecule has 0 rings (SSSR count). The Morgan fingerprint density at radius 1 is 1.43 bits per heavy atom. The summed E-state index contributed by atoms with van der Waals surface area (Å²) in [5.41, 5.74) is 0.832. The third kappa shape index (κ3) is 6.44. The van der Waals surface area contributed by atoms with E-state index in [4.69, 9.17) is 11.6 Å². The Balaban J connectivity index is 4.43. The van der Waals surface area contributed by atoms with Crippen LogP contribution in [-0.2, 0) is 4.79 Å². The van der Waals surface area contributed by atoms with Crippen molar-refractivity contribution in [3.05, 3.63) is 47.6 Å². The predicted octanol–water partition coefficient (Wildman–Crippen LogP) is 3.78. The van der Waals surface area contributed by atoms with E-state index >= 15 is 0 Å². The third-order valence-electron chi connectivity index (χ3n) is 1.49. The smallest absolute Gasteiger partial charge is 0.123 e. The van der Waals surface area contributed by atoms with Gasteiger partial charge in [0.15, 0.2) is 0 Å². The highest BCUT2D eigenvalue weighted by atomic mass is 35.5. The van der Waals surface area contributed by atoms with Gasteiger partial charge in [0.1, 0.15) is 6.29 Å². The fourth-order valence-corrected chi connectivity index (χ4v) is 0.921. The number of hydrogen-bond donors (Lipinski definition) is 0. The lowest BCUT2D eigenvalue weighted by atomic mass is 10.2. The number of aldehydes is 1. The molecule has 0 aliphatic carbocycles. The van der Waals surface area contributed by atoms with Gasteiger partial charge in [0.25, 0.3) is 0 Å². The zero-order valence-corrected chi connectivity index (χ0v) is 9.13. The number of allylic oxidation sites excluding steroid dienone is 7. The molecule has 0 aromatic rings. The maximum Gasteiger partial charge on any atom is 0.123 e. The number of carbonyl (C=O) groups is 1. The molecule has 1 nitrogen and oxygen atoms in total. The number of carbonyl (C=O) groups excluding carboxylic acids is 1. The molecule has 76 valence electrons. The average Bonchev–Trinajstić information content (AvgIpc) is 2.15. The van der Waals surface area contributed by atoms with Gasteiger partial charge in [0.05, 0.1) is 0 Å². The second-order valence-corrected chi connectivity index (χ2v) is 3.12. The van der Waals surface area contributed by atoms with Gasteiger partial charge >= 0.3 is 0 Å². The molecule has 2 heteroatoms. The predicted molar refractivity (Wildman–Crippen MR) is 62.3 cm³/mol. The quantitative estimate of drug-likeness (QED) is 0.482. The lowest BCUT2D eigenvalue weighted by Crippen LogP contribution is -1.76. The molecule has 0 aromatic carbocycles. The van der Waals surface area contributed by atoms with Crippen LogP contribution in [0, 0.1) is 0 Å². The first-order valence-electron chi connectivity index (χ1n) is 4.54. The lowest BCUT2D eigenvalue weighted by molar-refractivity contribution is -0.107. The van der Waals surface area contributed by atoms with E-state index in [1.165, 1.54) is 0 Å². The van der Waals surface area contributed by atoms with Crippen LogP contribution < -0.4 is 0 Å². The van der Waals surface area contributed by atoms with E-state index in [0.29, 0.717) is 11.5 Å². The summed E-state index contributed by atoms with van der Waals surface area (Å²) in [6, 6.07) is 0. The van der Waals surface area contributed by atoms with Crippen molar-refractivity contribution >= 4 is 17.9 Å². The van der Waals surface area contributed by atoms with E-state index in [0.717, 1.165) is 18.3 Å². The standard InChI is InChI=1S/C12H15ClO/c1-3-4-5-8-12(11(2)13)9-6-7-10-14/h4-6,8-10H,2-3,7H2,1H3. The fourth-order valence-electron chi connectivity index (χ4n) is 0.795. The first-order chi connectivity index (χ1) is 6.72. The molecule has 0 atom stereocenters. The van der Waals surface area contributed by atoms with Crippen molar-refractivity contribution in [1.82, 2.24) is 0 Å². The zero-order valence-electron chi connectivity index (χ0n) is 8.37. The first kappa shape index (κ1) is 12.9. The maximum atomic E-state index is 10.1. The van der Waals surface area contributed by atoms with Crippen LogP contribution in [0.5, 0.6) is 0 Å². The fraction of sp³-hybridized carbons (Fsp3) is 0.250. The zero-order chi connectivity index (χ0) is 10.8. The summed E-state index contributed by atoms with van der Waals surface area (Å²) < 4.78 is 0. The Kier molecular flexibility index (Phi) is 7.86. The van der Waals surface area contributed by atoms with E-state index in [1.54, 1.807) is 12.2 Å². The van der Waals surface area contributed by atoms with Crippen LogP contribution in [0.15, 0.2) is 47.6 Å². The van der Waals surface area contributed by atoms with Crippen LogP contribution in [0.1, 0.15) is 19.8 Å². The second kappa shape index (κ2) is 8.52. The molecule has 0 aromatic heterocycles. The van der Waals surface area contributed by atoms with Gasteiger partial charge in [-0.05, 0) is 12.0 Å². The molecule has 0 aliphatic rings. The van der Waals surface area contributed by atoms with E-state index in [2.05, 4.69) is 13.5 Å². The minimum atomic E-state index is 0.402. The average molecular weight is 211 g/mol. The molecular formula is C12H15ClO. The van der Waals surface area contributed by atoms with Crippen molar-refractivity contribution in [2.75, 3.05) is 0 Å². The van der Waals surface area contributed by atoms with Crippen LogP contribution in [0.4, 0.5) is 0 Å². The molecule has 0 saturated carbocycles. The van der Waals surface area contributed by atoms with E-state index in [1.807, 2.05) is 18.2 Å². The Bertz CT molecular complexity index is 272. The molecule has 0 spiro atoms. The molecular weight excluding hydrogens is 196 g/mol. The first-order valence-corrected chi connectivity index (χ1v) is 4.92. The molecule has 0 fully saturated rings. The van der Waals surface area contributed by atoms with Crippen molar-refractivity contribution in [1.29, 1.82) is 0 Å². The van der Waals surface area contributed by atoms with E-state index in [9.17, 15) is 4.79 Å². The van der Waals surface area contributed by atoms with Crippen LogP contribution >= 0.6 is 11.6 Å². The van der Waals surface area contributed by atoms with Gasteiger partial charge < -0.3 is 4.79 Å². The van der Waals surface area contributed by atoms with Crippen molar-refractivity contribution < 1.29 is 4.79 Å². The largest absolute Gasteiger partial charge is 0.303 e.